The largest absolute Gasteiger partial charge is 0.315 e. The van der Waals surface area contributed by atoms with E-state index < -0.39 is 0 Å². The molecule has 0 bridgehead atoms. The Bertz CT molecular complexity index is 179. The molecule has 1 nitrogen and oxygen atoms in total. The number of thioether (sulfide) groups is 1. The Morgan fingerprint density at radius 2 is 1.93 bits per heavy atom. The van der Waals surface area contributed by atoms with Crippen LogP contribution >= 0.6 is 11.8 Å². The lowest BCUT2D eigenvalue weighted by Gasteiger charge is -2.30. The topological polar surface area (TPSA) is 12.0 Å². The molecule has 15 heavy (non-hydrogen) atoms. The van der Waals surface area contributed by atoms with Gasteiger partial charge in [0.1, 0.15) is 0 Å². The highest BCUT2D eigenvalue weighted by Gasteiger charge is 2.22. The monoisotopic (exact) mass is 229 g/mol. The van der Waals surface area contributed by atoms with Crippen molar-refractivity contribution in [1.82, 2.24) is 5.32 Å². The summed E-state index contributed by atoms with van der Waals surface area (Å²) in [5.74, 6) is 1.86. The molecular weight excluding hydrogens is 202 g/mol. The summed E-state index contributed by atoms with van der Waals surface area (Å²) in [4.78, 5) is 0. The molecule has 0 aromatic heterocycles. The first-order chi connectivity index (χ1) is 7.05. The smallest absolute Gasteiger partial charge is 0.0225 e. The minimum absolute atomic E-state index is 0.387. The van der Waals surface area contributed by atoms with Crippen molar-refractivity contribution in [3.8, 4) is 0 Å². The van der Waals surface area contributed by atoms with Crippen LogP contribution in [-0.2, 0) is 0 Å². The van der Waals surface area contributed by atoms with Gasteiger partial charge in [-0.15, -0.1) is 0 Å². The lowest BCUT2D eigenvalue weighted by molar-refractivity contribution is 0.247. The molecule has 90 valence electrons. The van der Waals surface area contributed by atoms with E-state index in [1.165, 1.54) is 32.2 Å². The SMILES string of the molecule is CSC(C)(C)CNCC1CCCCC1C. The van der Waals surface area contributed by atoms with Crippen LogP contribution in [0, 0.1) is 11.8 Å². The summed E-state index contributed by atoms with van der Waals surface area (Å²) >= 11 is 1.95. The minimum atomic E-state index is 0.387. The van der Waals surface area contributed by atoms with Crippen molar-refractivity contribution in [1.29, 1.82) is 0 Å². The van der Waals surface area contributed by atoms with Crippen LogP contribution in [0.2, 0.25) is 0 Å². The van der Waals surface area contributed by atoms with Crippen LogP contribution in [-0.4, -0.2) is 24.1 Å². The average Bonchev–Trinajstić information content (AvgIpc) is 2.21. The first-order valence-electron chi connectivity index (χ1n) is 6.31. The van der Waals surface area contributed by atoms with Crippen LogP contribution < -0.4 is 5.32 Å². The van der Waals surface area contributed by atoms with Crippen LogP contribution in [0.3, 0.4) is 0 Å². The number of hydrogen-bond donors (Lipinski definition) is 1. The van der Waals surface area contributed by atoms with Crippen molar-refractivity contribution in [2.75, 3.05) is 19.3 Å². The molecule has 2 unspecified atom stereocenters. The maximum absolute atomic E-state index is 3.66. The number of hydrogen-bond acceptors (Lipinski definition) is 2. The zero-order valence-corrected chi connectivity index (χ0v) is 11.6. The fraction of sp³-hybridized carbons (Fsp3) is 1.00. The highest BCUT2D eigenvalue weighted by molar-refractivity contribution is 7.99. The summed E-state index contributed by atoms with van der Waals surface area (Å²) < 4.78 is 0.387. The highest BCUT2D eigenvalue weighted by atomic mass is 32.2. The van der Waals surface area contributed by atoms with Gasteiger partial charge in [0.25, 0.3) is 0 Å². The van der Waals surface area contributed by atoms with Gasteiger partial charge in [-0.05, 0) is 44.9 Å². The van der Waals surface area contributed by atoms with E-state index in [1.807, 2.05) is 11.8 Å². The predicted molar refractivity (Wildman–Crippen MR) is 71.6 cm³/mol. The quantitative estimate of drug-likeness (QED) is 0.774. The molecule has 0 radical (unpaired) electrons. The van der Waals surface area contributed by atoms with Gasteiger partial charge in [0.05, 0.1) is 0 Å². The zero-order valence-electron chi connectivity index (χ0n) is 10.8. The molecule has 1 N–H and O–H groups in total. The fourth-order valence-electron chi connectivity index (χ4n) is 2.33. The predicted octanol–water partition coefficient (Wildman–Crippen LogP) is 3.54. The van der Waals surface area contributed by atoms with E-state index in [2.05, 4.69) is 32.3 Å². The van der Waals surface area contributed by atoms with Crippen LogP contribution in [0.5, 0.6) is 0 Å². The molecule has 0 aliphatic heterocycles. The summed E-state index contributed by atoms with van der Waals surface area (Å²) in [5.41, 5.74) is 0. The molecule has 0 amide bonds. The van der Waals surface area contributed by atoms with Crippen LogP contribution in [0.15, 0.2) is 0 Å². The fourth-order valence-corrected chi connectivity index (χ4v) is 2.57. The van der Waals surface area contributed by atoms with Crippen LogP contribution in [0.25, 0.3) is 0 Å². The van der Waals surface area contributed by atoms with Gasteiger partial charge in [-0.25, -0.2) is 0 Å². The lowest BCUT2D eigenvalue weighted by atomic mass is 9.80. The third-order valence-electron chi connectivity index (χ3n) is 3.80. The maximum atomic E-state index is 3.66. The standard InChI is InChI=1S/C13H27NS/c1-11-7-5-6-8-12(11)9-14-10-13(2,3)15-4/h11-12,14H,5-10H2,1-4H3. The summed E-state index contributed by atoms with van der Waals surface area (Å²) in [6.45, 7) is 9.41. The van der Waals surface area contributed by atoms with Crippen molar-refractivity contribution < 1.29 is 0 Å². The van der Waals surface area contributed by atoms with Crippen molar-refractivity contribution in [2.45, 2.75) is 51.2 Å². The summed E-state index contributed by atoms with van der Waals surface area (Å²) in [6.07, 6.45) is 7.98. The minimum Gasteiger partial charge on any atom is -0.315 e. The van der Waals surface area contributed by atoms with E-state index >= 15 is 0 Å². The number of rotatable bonds is 5. The van der Waals surface area contributed by atoms with Gasteiger partial charge in [0.2, 0.25) is 0 Å². The van der Waals surface area contributed by atoms with E-state index in [0.29, 0.717) is 4.75 Å². The van der Waals surface area contributed by atoms with E-state index in [1.54, 1.807) is 0 Å². The Balaban J connectivity index is 2.19. The van der Waals surface area contributed by atoms with Crippen molar-refractivity contribution >= 4 is 11.8 Å². The normalized spacial score (nSPS) is 28.0. The van der Waals surface area contributed by atoms with Gasteiger partial charge < -0.3 is 5.32 Å². The van der Waals surface area contributed by atoms with Gasteiger partial charge in [-0.1, -0.05) is 26.2 Å². The molecule has 2 atom stereocenters. The molecule has 0 heterocycles. The first-order valence-corrected chi connectivity index (χ1v) is 7.53. The molecule has 0 saturated heterocycles. The Hall–Kier alpha value is 0.310. The van der Waals surface area contributed by atoms with Gasteiger partial charge >= 0.3 is 0 Å². The Morgan fingerprint density at radius 3 is 2.53 bits per heavy atom. The summed E-state index contributed by atoms with van der Waals surface area (Å²) in [6, 6.07) is 0. The van der Waals surface area contributed by atoms with Crippen LogP contribution in [0.1, 0.15) is 46.5 Å². The van der Waals surface area contributed by atoms with Crippen molar-refractivity contribution in [3.05, 3.63) is 0 Å². The highest BCUT2D eigenvalue weighted by Crippen LogP contribution is 2.29. The van der Waals surface area contributed by atoms with E-state index in [0.717, 1.165) is 18.4 Å². The Morgan fingerprint density at radius 1 is 1.27 bits per heavy atom. The molecule has 1 saturated carbocycles. The third kappa shape index (κ3) is 4.78. The second-order valence-electron chi connectivity index (χ2n) is 5.62. The van der Waals surface area contributed by atoms with Crippen LogP contribution in [0.4, 0.5) is 0 Å². The molecule has 1 aliphatic carbocycles. The molecule has 0 spiro atoms. The first kappa shape index (κ1) is 13.4. The Kier molecular flexibility index (Phi) is 5.48. The lowest BCUT2D eigenvalue weighted by Crippen LogP contribution is -2.37. The second kappa shape index (κ2) is 6.15. The Labute approximate surface area is 99.8 Å². The molecule has 0 aromatic carbocycles. The molecule has 1 aliphatic rings. The average molecular weight is 229 g/mol. The van der Waals surface area contributed by atoms with Crippen molar-refractivity contribution in [3.63, 3.8) is 0 Å². The maximum Gasteiger partial charge on any atom is 0.0225 e. The molecular formula is C13H27NS. The summed E-state index contributed by atoms with van der Waals surface area (Å²) in [7, 11) is 0. The van der Waals surface area contributed by atoms with E-state index in [4.69, 9.17) is 0 Å². The van der Waals surface area contributed by atoms with Gasteiger partial charge in [0.15, 0.2) is 0 Å². The molecule has 2 heteroatoms. The van der Waals surface area contributed by atoms with E-state index in [9.17, 15) is 0 Å². The van der Waals surface area contributed by atoms with Crippen molar-refractivity contribution in [2.24, 2.45) is 11.8 Å². The van der Waals surface area contributed by atoms with E-state index in [-0.39, 0.29) is 0 Å². The summed E-state index contributed by atoms with van der Waals surface area (Å²) in [5, 5.41) is 3.66. The molecule has 0 aromatic rings. The van der Waals surface area contributed by atoms with Gasteiger partial charge in [-0.2, -0.15) is 11.8 Å². The molecule has 1 rings (SSSR count). The van der Waals surface area contributed by atoms with Gasteiger partial charge in [-0.3, -0.25) is 0 Å². The van der Waals surface area contributed by atoms with Gasteiger partial charge in [0, 0.05) is 11.3 Å². The third-order valence-corrected chi connectivity index (χ3v) is 5.05. The second-order valence-corrected chi connectivity index (χ2v) is 7.13. The molecule has 1 fully saturated rings. The number of nitrogens with one attached hydrogen (secondary N) is 1. The zero-order chi connectivity index (χ0) is 11.3.